The van der Waals surface area contributed by atoms with Crippen molar-refractivity contribution in [2.45, 2.75) is 72.4 Å². The van der Waals surface area contributed by atoms with Crippen LogP contribution < -0.4 is 10.6 Å². The van der Waals surface area contributed by atoms with E-state index in [0.717, 1.165) is 11.1 Å². The van der Waals surface area contributed by atoms with E-state index in [0.29, 0.717) is 0 Å². The van der Waals surface area contributed by atoms with E-state index in [9.17, 15) is 19.2 Å². The summed E-state index contributed by atoms with van der Waals surface area (Å²) >= 11 is 0. The molecular formula is C30H40N2O8. The van der Waals surface area contributed by atoms with Crippen LogP contribution in [0.25, 0.3) is 0 Å². The normalized spacial score (nSPS) is 12.7. The van der Waals surface area contributed by atoms with Crippen molar-refractivity contribution >= 4 is 24.1 Å². The third-order valence-corrected chi connectivity index (χ3v) is 5.75. The van der Waals surface area contributed by atoms with Gasteiger partial charge in [-0.2, -0.15) is 0 Å². The highest BCUT2D eigenvalue weighted by Gasteiger charge is 2.34. The van der Waals surface area contributed by atoms with Gasteiger partial charge in [-0.1, -0.05) is 88.4 Å². The van der Waals surface area contributed by atoms with Crippen LogP contribution in [0.4, 0.5) is 9.59 Å². The second-order valence-corrected chi connectivity index (χ2v) is 10.6. The lowest BCUT2D eigenvalue weighted by Gasteiger charge is -2.29. The maximum atomic E-state index is 12.9. The zero-order valence-corrected chi connectivity index (χ0v) is 24.0. The largest absolute Gasteiger partial charge is 0.460 e. The van der Waals surface area contributed by atoms with Gasteiger partial charge in [0.25, 0.3) is 0 Å². The predicted octanol–water partition coefficient (Wildman–Crippen LogP) is 4.75. The van der Waals surface area contributed by atoms with Crippen molar-refractivity contribution < 1.29 is 38.1 Å². The number of carbonyl (C=O) groups is 4. The molecule has 10 nitrogen and oxygen atoms in total. The first kappa shape index (κ1) is 32.1. The fraction of sp³-hybridized carbons (Fsp3) is 0.467. The molecule has 0 aliphatic heterocycles. The van der Waals surface area contributed by atoms with Crippen molar-refractivity contribution in [3.05, 3.63) is 71.8 Å². The number of carbonyl (C=O) groups excluding carboxylic acids is 4. The maximum absolute atomic E-state index is 12.9. The monoisotopic (exact) mass is 556 g/mol. The second kappa shape index (κ2) is 15.5. The van der Waals surface area contributed by atoms with Crippen LogP contribution in [-0.4, -0.2) is 48.4 Å². The lowest BCUT2D eigenvalue weighted by atomic mass is 10.0. The van der Waals surface area contributed by atoms with Gasteiger partial charge in [0.05, 0.1) is 0 Å². The molecule has 2 aromatic rings. The Morgan fingerprint density at radius 1 is 0.650 bits per heavy atom. The summed E-state index contributed by atoms with van der Waals surface area (Å²) < 4.78 is 21.4. The summed E-state index contributed by atoms with van der Waals surface area (Å²) in [7, 11) is 0. The first-order valence-electron chi connectivity index (χ1n) is 13.2. The third kappa shape index (κ3) is 11.3. The molecule has 0 saturated heterocycles. The fourth-order valence-corrected chi connectivity index (χ4v) is 3.48. The number of nitrogens with one attached hydrogen (secondary N) is 2. The molecule has 40 heavy (non-hydrogen) atoms. The molecule has 0 fully saturated rings. The Hall–Kier alpha value is -4.08. The predicted molar refractivity (Wildman–Crippen MR) is 148 cm³/mol. The van der Waals surface area contributed by atoms with Crippen LogP contribution in [0, 0.1) is 11.8 Å². The number of hydrogen-bond acceptors (Lipinski definition) is 8. The van der Waals surface area contributed by atoms with Gasteiger partial charge in [0.1, 0.15) is 37.5 Å². The van der Waals surface area contributed by atoms with Crippen LogP contribution in [0.1, 0.15) is 52.7 Å². The molecule has 2 atom stereocenters. The molecular weight excluding hydrogens is 516 g/mol. The minimum atomic E-state index is -1.22. The van der Waals surface area contributed by atoms with E-state index >= 15 is 0 Å². The second-order valence-electron chi connectivity index (χ2n) is 10.6. The van der Waals surface area contributed by atoms with Crippen molar-refractivity contribution in [2.75, 3.05) is 6.61 Å². The van der Waals surface area contributed by atoms with Crippen molar-refractivity contribution in [2.24, 2.45) is 11.8 Å². The molecule has 0 unspecified atom stereocenters. The lowest BCUT2D eigenvalue weighted by molar-refractivity contribution is -0.172. The molecule has 0 aromatic heterocycles. The van der Waals surface area contributed by atoms with Crippen LogP contribution >= 0.6 is 0 Å². The zero-order valence-electron chi connectivity index (χ0n) is 24.0. The van der Waals surface area contributed by atoms with Gasteiger partial charge in [0, 0.05) is 0 Å². The van der Waals surface area contributed by atoms with E-state index < -0.39 is 41.8 Å². The van der Waals surface area contributed by atoms with Crippen molar-refractivity contribution in [3.63, 3.8) is 0 Å². The minimum Gasteiger partial charge on any atom is -0.460 e. The van der Waals surface area contributed by atoms with Crippen molar-refractivity contribution in [3.8, 4) is 0 Å². The first-order chi connectivity index (χ1) is 18.9. The Morgan fingerprint density at radius 2 is 1.05 bits per heavy atom. The molecule has 0 aliphatic rings. The van der Waals surface area contributed by atoms with E-state index in [1.165, 1.54) is 0 Å². The number of alkyl carbamates (subject to hydrolysis) is 2. The van der Waals surface area contributed by atoms with Gasteiger partial charge in [-0.05, 0) is 36.8 Å². The third-order valence-electron chi connectivity index (χ3n) is 5.75. The summed E-state index contributed by atoms with van der Waals surface area (Å²) in [5.41, 5.74) is 0.400. The van der Waals surface area contributed by atoms with Crippen LogP contribution in [0.5, 0.6) is 0 Å². The molecule has 10 heteroatoms. The average molecular weight is 557 g/mol. The number of amides is 2. The summed E-state index contributed by atoms with van der Waals surface area (Å²) in [4.78, 5) is 50.3. The summed E-state index contributed by atoms with van der Waals surface area (Å²) in [5, 5.41) is 5.08. The quantitative estimate of drug-likeness (QED) is 0.267. The summed E-state index contributed by atoms with van der Waals surface area (Å²) in [6.45, 7) is 10.0. The number of benzene rings is 2. The fourth-order valence-electron chi connectivity index (χ4n) is 3.48. The number of ether oxygens (including phenoxy) is 4. The molecule has 218 valence electrons. The highest BCUT2D eigenvalue weighted by Crippen LogP contribution is 2.16. The first-order valence-corrected chi connectivity index (χ1v) is 13.2. The molecule has 0 bridgehead atoms. The Kier molecular flexibility index (Phi) is 12.4. The Balaban J connectivity index is 1.87. The van der Waals surface area contributed by atoms with E-state index in [4.69, 9.17) is 18.9 Å². The highest BCUT2D eigenvalue weighted by molar-refractivity contribution is 5.82. The molecule has 0 aliphatic carbocycles. The van der Waals surface area contributed by atoms with Gasteiger partial charge in [-0.25, -0.2) is 19.2 Å². The SMILES string of the molecule is CC(C)[C@H](NC(=O)OCc1ccccc1)C(=O)OCC(C)(C)OC(=O)[C@@H](NC(=O)OCc1ccccc1)C(C)C. The van der Waals surface area contributed by atoms with Crippen molar-refractivity contribution in [1.29, 1.82) is 0 Å². The average Bonchev–Trinajstić information content (AvgIpc) is 2.91. The van der Waals surface area contributed by atoms with Gasteiger partial charge >= 0.3 is 24.1 Å². The standard InChI is InChI=1S/C30H40N2O8/c1-20(2)24(31-28(35)37-17-22-13-9-7-10-14-22)26(33)39-19-30(5,6)40-27(34)25(21(3)4)32-29(36)38-18-23-15-11-8-12-16-23/h7-16,20-21,24-25H,17-19H2,1-6H3,(H,31,35)(H,32,36)/t24-,25-/m0/s1. The topological polar surface area (TPSA) is 129 Å². The molecule has 0 saturated carbocycles. The van der Waals surface area contributed by atoms with Crippen LogP contribution in [0.15, 0.2) is 60.7 Å². The number of esters is 2. The Morgan fingerprint density at radius 3 is 1.45 bits per heavy atom. The van der Waals surface area contributed by atoms with Gasteiger partial charge in [0.2, 0.25) is 0 Å². The van der Waals surface area contributed by atoms with Gasteiger partial charge < -0.3 is 29.6 Å². The summed E-state index contributed by atoms with van der Waals surface area (Å²) in [6.07, 6.45) is -1.51. The number of hydrogen-bond donors (Lipinski definition) is 2. The molecule has 2 amide bonds. The zero-order chi connectivity index (χ0) is 29.7. The summed E-state index contributed by atoms with van der Waals surface area (Å²) in [5.74, 6) is -1.99. The molecule has 2 aromatic carbocycles. The highest BCUT2D eigenvalue weighted by atomic mass is 16.6. The van der Waals surface area contributed by atoms with E-state index in [2.05, 4.69) is 10.6 Å². The van der Waals surface area contributed by atoms with Crippen LogP contribution in [0.3, 0.4) is 0 Å². The molecule has 0 radical (unpaired) electrons. The molecule has 0 heterocycles. The van der Waals surface area contributed by atoms with E-state index in [-0.39, 0.29) is 31.7 Å². The van der Waals surface area contributed by atoms with E-state index in [1.54, 1.807) is 41.5 Å². The van der Waals surface area contributed by atoms with Gasteiger partial charge in [-0.15, -0.1) is 0 Å². The Bertz CT molecular complexity index is 1100. The summed E-state index contributed by atoms with van der Waals surface area (Å²) in [6, 6.07) is 16.3. The molecule has 2 N–H and O–H groups in total. The van der Waals surface area contributed by atoms with Gasteiger partial charge in [0.15, 0.2) is 0 Å². The molecule has 2 rings (SSSR count). The van der Waals surface area contributed by atoms with E-state index in [1.807, 2.05) is 60.7 Å². The Labute approximate surface area is 235 Å². The van der Waals surface area contributed by atoms with Gasteiger partial charge in [-0.3, -0.25) is 0 Å². The molecule has 0 spiro atoms. The minimum absolute atomic E-state index is 0.0544. The smallest absolute Gasteiger partial charge is 0.408 e. The maximum Gasteiger partial charge on any atom is 0.408 e. The lowest BCUT2D eigenvalue weighted by Crippen LogP contribution is -2.50. The van der Waals surface area contributed by atoms with Crippen molar-refractivity contribution in [1.82, 2.24) is 10.6 Å². The number of rotatable bonds is 13. The van der Waals surface area contributed by atoms with Crippen LogP contribution in [-0.2, 0) is 41.8 Å². The van der Waals surface area contributed by atoms with Crippen LogP contribution in [0.2, 0.25) is 0 Å².